The van der Waals surface area contributed by atoms with E-state index in [4.69, 9.17) is 0 Å². The fraction of sp³-hybridized carbons (Fsp3) is 0.385. The van der Waals surface area contributed by atoms with Crippen LogP contribution in [0.3, 0.4) is 0 Å². The van der Waals surface area contributed by atoms with Crippen LogP contribution in [0.1, 0.15) is 18.9 Å². The fourth-order valence-corrected chi connectivity index (χ4v) is 1.45. The molecule has 0 fully saturated rings. The maximum atomic E-state index is 11.3. The molecule has 0 spiro atoms. The van der Waals surface area contributed by atoms with E-state index in [2.05, 4.69) is 10.6 Å². The van der Waals surface area contributed by atoms with E-state index >= 15 is 0 Å². The molecule has 1 rings (SSSR count). The summed E-state index contributed by atoms with van der Waals surface area (Å²) in [5, 5.41) is 15.3. The molecule has 0 heterocycles. The molecule has 0 bridgehead atoms. The van der Waals surface area contributed by atoms with Gasteiger partial charge in [0.05, 0.1) is 12.0 Å². The van der Waals surface area contributed by atoms with Crippen LogP contribution in [-0.4, -0.2) is 24.6 Å². The number of hydrogen-bond acceptors (Lipinski definition) is 3. The molecule has 0 aliphatic rings. The van der Waals surface area contributed by atoms with Crippen molar-refractivity contribution in [1.29, 1.82) is 0 Å². The second kappa shape index (κ2) is 7.32. The van der Waals surface area contributed by atoms with E-state index in [-0.39, 0.29) is 0 Å². The van der Waals surface area contributed by atoms with Gasteiger partial charge in [-0.2, -0.15) is 0 Å². The molecule has 0 aliphatic heterocycles. The Balaban J connectivity index is 2.14. The SMILES string of the molecule is C[C@H](NC(=O)NCCCc1ccccc1)C(=O)[O-]. The maximum Gasteiger partial charge on any atom is 0.315 e. The van der Waals surface area contributed by atoms with Crippen molar-refractivity contribution in [1.82, 2.24) is 10.6 Å². The summed E-state index contributed by atoms with van der Waals surface area (Å²) >= 11 is 0. The number of carboxylic acid groups (broad SMARTS) is 1. The number of aryl methyl sites for hydroxylation is 1. The number of aliphatic carboxylic acids is 1. The summed E-state index contributed by atoms with van der Waals surface area (Å²) < 4.78 is 0. The van der Waals surface area contributed by atoms with Crippen molar-refractivity contribution in [2.45, 2.75) is 25.8 Å². The third kappa shape index (κ3) is 5.34. The van der Waals surface area contributed by atoms with E-state index in [1.165, 1.54) is 12.5 Å². The van der Waals surface area contributed by atoms with Crippen LogP contribution in [-0.2, 0) is 11.2 Å². The number of carbonyl (C=O) groups excluding carboxylic acids is 2. The van der Waals surface area contributed by atoms with E-state index in [9.17, 15) is 14.7 Å². The third-order valence-corrected chi connectivity index (χ3v) is 2.47. The number of benzene rings is 1. The van der Waals surface area contributed by atoms with Crippen molar-refractivity contribution in [3.8, 4) is 0 Å². The molecule has 5 heteroatoms. The lowest BCUT2D eigenvalue weighted by Gasteiger charge is -2.15. The van der Waals surface area contributed by atoms with Crippen LogP contribution in [0.25, 0.3) is 0 Å². The summed E-state index contributed by atoms with van der Waals surface area (Å²) in [4.78, 5) is 21.7. The lowest BCUT2D eigenvalue weighted by Crippen LogP contribution is -2.49. The topological polar surface area (TPSA) is 81.3 Å². The monoisotopic (exact) mass is 249 g/mol. The van der Waals surface area contributed by atoms with Crippen LogP contribution < -0.4 is 15.7 Å². The fourth-order valence-electron chi connectivity index (χ4n) is 1.45. The van der Waals surface area contributed by atoms with Gasteiger partial charge in [0.1, 0.15) is 0 Å². The van der Waals surface area contributed by atoms with E-state index < -0.39 is 18.0 Å². The molecule has 2 N–H and O–H groups in total. The average molecular weight is 249 g/mol. The van der Waals surface area contributed by atoms with Gasteiger partial charge < -0.3 is 20.5 Å². The highest BCUT2D eigenvalue weighted by atomic mass is 16.4. The molecule has 0 unspecified atom stereocenters. The second-order valence-electron chi connectivity index (χ2n) is 4.03. The van der Waals surface area contributed by atoms with Gasteiger partial charge in [0.2, 0.25) is 0 Å². The summed E-state index contributed by atoms with van der Waals surface area (Å²) in [5.74, 6) is -1.30. The maximum absolute atomic E-state index is 11.3. The highest BCUT2D eigenvalue weighted by Crippen LogP contribution is 2.01. The van der Waals surface area contributed by atoms with Gasteiger partial charge in [0.15, 0.2) is 0 Å². The number of urea groups is 1. The van der Waals surface area contributed by atoms with Gasteiger partial charge in [-0.1, -0.05) is 30.3 Å². The molecule has 0 saturated heterocycles. The van der Waals surface area contributed by atoms with Crippen molar-refractivity contribution in [3.63, 3.8) is 0 Å². The smallest absolute Gasteiger partial charge is 0.315 e. The van der Waals surface area contributed by atoms with Gasteiger partial charge in [-0.15, -0.1) is 0 Å². The molecular formula is C13H17N2O3-. The Kier molecular flexibility index (Phi) is 5.70. The van der Waals surface area contributed by atoms with Gasteiger partial charge in [0, 0.05) is 6.54 Å². The van der Waals surface area contributed by atoms with Crippen LogP contribution in [0.2, 0.25) is 0 Å². The number of nitrogens with one attached hydrogen (secondary N) is 2. The normalized spacial score (nSPS) is 11.6. The van der Waals surface area contributed by atoms with Crippen LogP contribution >= 0.6 is 0 Å². The molecule has 0 saturated carbocycles. The summed E-state index contributed by atoms with van der Waals surface area (Å²) in [7, 11) is 0. The Morgan fingerprint density at radius 3 is 2.56 bits per heavy atom. The van der Waals surface area contributed by atoms with Crippen molar-refractivity contribution in [2.24, 2.45) is 0 Å². The first-order chi connectivity index (χ1) is 8.59. The van der Waals surface area contributed by atoms with E-state index in [0.717, 1.165) is 12.8 Å². The highest BCUT2D eigenvalue weighted by Gasteiger charge is 2.06. The second-order valence-corrected chi connectivity index (χ2v) is 4.03. The molecule has 1 aromatic carbocycles. The minimum Gasteiger partial charge on any atom is -0.548 e. The Morgan fingerprint density at radius 1 is 1.28 bits per heavy atom. The van der Waals surface area contributed by atoms with Gasteiger partial charge in [0.25, 0.3) is 0 Å². The molecular weight excluding hydrogens is 232 g/mol. The van der Waals surface area contributed by atoms with Crippen LogP contribution in [0.15, 0.2) is 30.3 Å². The van der Waals surface area contributed by atoms with Crippen molar-refractivity contribution >= 4 is 12.0 Å². The van der Waals surface area contributed by atoms with Gasteiger partial charge >= 0.3 is 6.03 Å². The molecule has 1 atom stereocenters. The zero-order chi connectivity index (χ0) is 13.4. The predicted molar refractivity (Wildman–Crippen MR) is 65.8 cm³/mol. The molecule has 0 aromatic heterocycles. The van der Waals surface area contributed by atoms with Crippen LogP contribution in [0, 0.1) is 0 Å². The first-order valence-corrected chi connectivity index (χ1v) is 5.88. The minimum atomic E-state index is -1.30. The van der Waals surface area contributed by atoms with Gasteiger partial charge in [-0.3, -0.25) is 0 Å². The number of amides is 2. The molecule has 18 heavy (non-hydrogen) atoms. The molecule has 1 aromatic rings. The Labute approximate surface area is 106 Å². The number of carbonyl (C=O) groups is 2. The Hall–Kier alpha value is -2.04. The first-order valence-electron chi connectivity index (χ1n) is 5.88. The average Bonchev–Trinajstić information content (AvgIpc) is 2.35. The Bertz CT molecular complexity index is 392. The zero-order valence-electron chi connectivity index (χ0n) is 10.3. The highest BCUT2D eigenvalue weighted by molar-refractivity contribution is 5.81. The van der Waals surface area contributed by atoms with Crippen molar-refractivity contribution < 1.29 is 14.7 Å². The van der Waals surface area contributed by atoms with Crippen LogP contribution in [0.5, 0.6) is 0 Å². The summed E-state index contributed by atoms with van der Waals surface area (Å²) in [5.41, 5.74) is 1.21. The van der Waals surface area contributed by atoms with E-state index in [1.807, 2.05) is 30.3 Å². The number of rotatable bonds is 6. The first kappa shape index (κ1) is 14.0. The number of carboxylic acids is 1. The van der Waals surface area contributed by atoms with Crippen LogP contribution in [0.4, 0.5) is 4.79 Å². The van der Waals surface area contributed by atoms with Gasteiger partial charge in [-0.25, -0.2) is 4.79 Å². The molecule has 5 nitrogen and oxygen atoms in total. The van der Waals surface area contributed by atoms with E-state index in [0.29, 0.717) is 6.54 Å². The predicted octanol–water partition coefficient (Wildman–Crippen LogP) is 0.0568. The van der Waals surface area contributed by atoms with E-state index in [1.54, 1.807) is 0 Å². The molecule has 0 aliphatic carbocycles. The molecule has 0 radical (unpaired) electrons. The minimum absolute atomic E-state index is 0.486. The summed E-state index contributed by atoms with van der Waals surface area (Å²) in [6.07, 6.45) is 1.67. The van der Waals surface area contributed by atoms with Gasteiger partial charge in [-0.05, 0) is 25.3 Å². The largest absolute Gasteiger partial charge is 0.548 e. The third-order valence-electron chi connectivity index (χ3n) is 2.47. The Morgan fingerprint density at radius 2 is 1.94 bits per heavy atom. The lowest BCUT2D eigenvalue weighted by atomic mass is 10.1. The lowest BCUT2D eigenvalue weighted by molar-refractivity contribution is -0.307. The van der Waals surface area contributed by atoms with Crippen molar-refractivity contribution in [3.05, 3.63) is 35.9 Å². The standard InChI is InChI=1S/C13H18N2O3/c1-10(12(16)17)15-13(18)14-9-5-8-11-6-3-2-4-7-11/h2-4,6-7,10H,5,8-9H2,1H3,(H,16,17)(H2,14,15,18)/p-1/t10-/m0/s1. The summed E-state index contributed by atoms with van der Waals surface area (Å²) in [6, 6.07) is 8.47. The quantitative estimate of drug-likeness (QED) is 0.699. The summed E-state index contributed by atoms with van der Waals surface area (Å²) in [6.45, 7) is 1.86. The molecule has 98 valence electrons. The zero-order valence-corrected chi connectivity index (χ0v) is 10.3. The molecule has 2 amide bonds. The number of hydrogen-bond donors (Lipinski definition) is 2. The van der Waals surface area contributed by atoms with Crippen molar-refractivity contribution in [2.75, 3.05) is 6.54 Å².